The van der Waals surface area contributed by atoms with Crippen LogP contribution in [0.25, 0.3) is 0 Å². The van der Waals surface area contributed by atoms with E-state index in [0.29, 0.717) is 5.56 Å². The SMILES string of the molecule is COC(=O)c1ccc(CNC(=O)Cc2c(F)cccc2Cl)cc1. The Bertz CT molecular complexity index is 696. The maximum absolute atomic E-state index is 13.6. The molecule has 0 aliphatic heterocycles. The van der Waals surface area contributed by atoms with Crippen molar-refractivity contribution in [3.63, 3.8) is 0 Å². The number of hydrogen-bond donors (Lipinski definition) is 1. The Hall–Kier alpha value is -2.40. The first-order valence-corrected chi connectivity index (χ1v) is 7.26. The van der Waals surface area contributed by atoms with Gasteiger partial charge in [0.05, 0.1) is 19.1 Å². The molecule has 0 radical (unpaired) electrons. The first kappa shape index (κ1) is 17.0. The lowest BCUT2D eigenvalue weighted by Crippen LogP contribution is -2.25. The van der Waals surface area contributed by atoms with E-state index in [9.17, 15) is 14.0 Å². The largest absolute Gasteiger partial charge is 0.465 e. The van der Waals surface area contributed by atoms with Crippen LogP contribution in [-0.4, -0.2) is 19.0 Å². The van der Waals surface area contributed by atoms with Crippen molar-refractivity contribution in [1.82, 2.24) is 5.32 Å². The molecule has 0 heterocycles. The molecule has 0 spiro atoms. The van der Waals surface area contributed by atoms with Crippen molar-refractivity contribution in [2.45, 2.75) is 13.0 Å². The minimum absolute atomic E-state index is 0.133. The van der Waals surface area contributed by atoms with Crippen molar-refractivity contribution in [3.05, 3.63) is 70.0 Å². The average Bonchev–Trinajstić information content (AvgIpc) is 2.56. The van der Waals surface area contributed by atoms with Crippen LogP contribution >= 0.6 is 11.6 Å². The Morgan fingerprint density at radius 2 is 1.87 bits per heavy atom. The van der Waals surface area contributed by atoms with E-state index in [4.69, 9.17) is 11.6 Å². The second-order valence-corrected chi connectivity index (χ2v) is 5.25. The van der Waals surface area contributed by atoms with Gasteiger partial charge >= 0.3 is 5.97 Å². The predicted octanol–water partition coefficient (Wildman–Crippen LogP) is 3.12. The van der Waals surface area contributed by atoms with E-state index in [1.165, 1.54) is 19.2 Å². The van der Waals surface area contributed by atoms with Crippen LogP contribution in [0.15, 0.2) is 42.5 Å². The number of esters is 1. The van der Waals surface area contributed by atoms with Gasteiger partial charge in [-0.1, -0.05) is 29.8 Å². The monoisotopic (exact) mass is 335 g/mol. The zero-order chi connectivity index (χ0) is 16.8. The minimum Gasteiger partial charge on any atom is -0.465 e. The molecule has 1 N–H and O–H groups in total. The molecular formula is C17H15ClFNO3. The standard InChI is InChI=1S/C17H15ClFNO3/c1-23-17(22)12-7-5-11(6-8-12)10-20-16(21)9-13-14(18)3-2-4-15(13)19/h2-8H,9-10H2,1H3,(H,20,21). The summed E-state index contributed by atoms with van der Waals surface area (Å²) in [6.07, 6.45) is -0.133. The van der Waals surface area contributed by atoms with Crippen LogP contribution in [-0.2, 0) is 22.5 Å². The smallest absolute Gasteiger partial charge is 0.337 e. The van der Waals surface area contributed by atoms with Crippen LogP contribution in [0.3, 0.4) is 0 Å². The Labute approximate surface area is 138 Å². The van der Waals surface area contributed by atoms with Crippen LogP contribution in [0.2, 0.25) is 5.02 Å². The number of nitrogens with one attached hydrogen (secondary N) is 1. The summed E-state index contributed by atoms with van der Waals surface area (Å²) < 4.78 is 18.2. The molecule has 2 aromatic carbocycles. The number of benzene rings is 2. The summed E-state index contributed by atoms with van der Waals surface area (Å²) >= 11 is 5.89. The van der Waals surface area contributed by atoms with Crippen molar-refractivity contribution in [2.24, 2.45) is 0 Å². The first-order valence-electron chi connectivity index (χ1n) is 6.88. The van der Waals surface area contributed by atoms with Crippen LogP contribution in [0, 0.1) is 5.82 Å². The highest BCUT2D eigenvalue weighted by atomic mass is 35.5. The molecular weight excluding hydrogens is 321 g/mol. The number of ether oxygens (including phenoxy) is 1. The summed E-state index contributed by atoms with van der Waals surface area (Å²) in [5, 5.41) is 2.91. The normalized spacial score (nSPS) is 10.2. The first-order chi connectivity index (χ1) is 11.0. The van der Waals surface area contributed by atoms with E-state index in [-0.39, 0.29) is 29.5 Å². The van der Waals surface area contributed by atoms with Crippen molar-refractivity contribution in [3.8, 4) is 0 Å². The molecule has 0 aliphatic carbocycles. The van der Waals surface area contributed by atoms with Gasteiger partial charge in [0, 0.05) is 17.1 Å². The molecule has 0 aromatic heterocycles. The molecule has 120 valence electrons. The predicted molar refractivity (Wildman–Crippen MR) is 84.7 cm³/mol. The van der Waals surface area contributed by atoms with Crippen LogP contribution in [0.4, 0.5) is 4.39 Å². The molecule has 4 nitrogen and oxygen atoms in total. The lowest BCUT2D eigenvalue weighted by atomic mass is 10.1. The van der Waals surface area contributed by atoms with E-state index in [1.54, 1.807) is 30.3 Å². The number of amides is 1. The second kappa shape index (κ2) is 7.74. The van der Waals surface area contributed by atoms with Gasteiger partial charge in [-0.25, -0.2) is 9.18 Å². The zero-order valence-corrected chi connectivity index (χ0v) is 13.2. The molecule has 0 saturated carbocycles. The summed E-state index contributed by atoms with van der Waals surface area (Å²) in [6.45, 7) is 0.270. The number of hydrogen-bond acceptors (Lipinski definition) is 3. The fourth-order valence-electron chi connectivity index (χ4n) is 2.00. The molecule has 2 aromatic rings. The Morgan fingerprint density at radius 1 is 1.17 bits per heavy atom. The maximum Gasteiger partial charge on any atom is 0.337 e. The highest BCUT2D eigenvalue weighted by Gasteiger charge is 2.12. The Morgan fingerprint density at radius 3 is 2.48 bits per heavy atom. The van der Waals surface area contributed by atoms with Gasteiger partial charge in [-0.05, 0) is 29.8 Å². The number of rotatable bonds is 5. The summed E-state index contributed by atoms with van der Waals surface area (Å²) in [5.41, 5.74) is 1.42. The van der Waals surface area contributed by atoms with E-state index >= 15 is 0 Å². The van der Waals surface area contributed by atoms with Gasteiger partial charge in [0.15, 0.2) is 0 Å². The molecule has 0 atom stereocenters. The van der Waals surface area contributed by atoms with E-state index in [2.05, 4.69) is 10.1 Å². The van der Waals surface area contributed by atoms with Gasteiger partial charge in [0.1, 0.15) is 5.82 Å². The van der Waals surface area contributed by atoms with Gasteiger partial charge in [0.25, 0.3) is 0 Å². The summed E-state index contributed by atoms with van der Waals surface area (Å²) in [7, 11) is 1.31. The fraction of sp³-hybridized carbons (Fsp3) is 0.176. The van der Waals surface area contributed by atoms with Crippen molar-refractivity contribution in [1.29, 1.82) is 0 Å². The third kappa shape index (κ3) is 4.53. The van der Waals surface area contributed by atoms with Gasteiger partial charge in [-0.3, -0.25) is 4.79 Å². The van der Waals surface area contributed by atoms with Gasteiger partial charge in [0.2, 0.25) is 5.91 Å². The number of halogens is 2. The van der Waals surface area contributed by atoms with E-state index in [1.807, 2.05) is 0 Å². The number of carbonyl (C=O) groups is 2. The molecule has 6 heteroatoms. The van der Waals surface area contributed by atoms with Crippen LogP contribution in [0.1, 0.15) is 21.5 Å². The lowest BCUT2D eigenvalue weighted by molar-refractivity contribution is -0.120. The molecule has 2 rings (SSSR count). The topological polar surface area (TPSA) is 55.4 Å². The minimum atomic E-state index is -0.505. The summed E-state index contributed by atoms with van der Waals surface area (Å²) in [6, 6.07) is 10.9. The maximum atomic E-state index is 13.6. The van der Waals surface area contributed by atoms with Gasteiger partial charge in [-0.15, -0.1) is 0 Å². The highest BCUT2D eigenvalue weighted by molar-refractivity contribution is 6.31. The number of carbonyl (C=O) groups excluding carboxylic acids is 2. The van der Waals surface area contributed by atoms with E-state index < -0.39 is 11.8 Å². The molecule has 0 unspecified atom stereocenters. The zero-order valence-electron chi connectivity index (χ0n) is 12.4. The molecule has 1 amide bonds. The van der Waals surface area contributed by atoms with Crippen molar-refractivity contribution < 1.29 is 18.7 Å². The average molecular weight is 336 g/mol. The fourth-order valence-corrected chi connectivity index (χ4v) is 2.23. The lowest BCUT2D eigenvalue weighted by Gasteiger charge is -2.08. The highest BCUT2D eigenvalue weighted by Crippen LogP contribution is 2.19. The summed E-state index contributed by atoms with van der Waals surface area (Å²) in [4.78, 5) is 23.2. The molecule has 0 aliphatic rings. The Balaban J connectivity index is 1.93. The number of methoxy groups -OCH3 is 1. The Kier molecular flexibility index (Phi) is 5.71. The summed E-state index contributed by atoms with van der Waals surface area (Å²) in [5.74, 6) is -1.26. The third-order valence-electron chi connectivity index (χ3n) is 3.26. The van der Waals surface area contributed by atoms with Crippen molar-refractivity contribution >= 4 is 23.5 Å². The second-order valence-electron chi connectivity index (χ2n) is 4.84. The molecule has 23 heavy (non-hydrogen) atoms. The quantitative estimate of drug-likeness (QED) is 0.854. The molecule has 0 bridgehead atoms. The molecule has 0 fully saturated rings. The third-order valence-corrected chi connectivity index (χ3v) is 3.62. The molecule has 0 saturated heterocycles. The van der Waals surface area contributed by atoms with Crippen LogP contribution in [0.5, 0.6) is 0 Å². The van der Waals surface area contributed by atoms with Gasteiger partial charge < -0.3 is 10.1 Å². The van der Waals surface area contributed by atoms with E-state index in [0.717, 1.165) is 5.56 Å². The van der Waals surface area contributed by atoms with Crippen molar-refractivity contribution in [2.75, 3.05) is 7.11 Å². The van der Waals surface area contributed by atoms with Crippen LogP contribution < -0.4 is 5.32 Å². The van der Waals surface area contributed by atoms with Gasteiger partial charge in [-0.2, -0.15) is 0 Å².